The summed E-state index contributed by atoms with van der Waals surface area (Å²) >= 11 is 0. The molecule has 16 heavy (non-hydrogen) atoms. The molecular formula is C11H14N2O3. The van der Waals surface area contributed by atoms with Crippen LogP contribution >= 0.6 is 0 Å². The Hall–Kier alpha value is -1.91. The molecule has 1 rings (SSSR count). The molecule has 0 atom stereocenters. The average molecular weight is 222 g/mol. The summed E-state index contributed by atoms with van der Waals surface area (Å²) in [4.78, 5) is 14.5. The Bertz CT molecular complexity index is 413. The lowest BCUT2D eigenvalue weighted by atomic mass is 10.1. The van der Waals surface area contributed by atoms with Crippen molar-refractivity contribution in [2.24, 2.45) is 5.92 Å². The number of hydrogen-bond acceptors (Lipinski definition) is 4. The summed E-state index contributed by atoms with van der Waals surface area (Å²) in [7, 11) is 1.51. The third kappa shape index (κ3) is 3.05. The van der Waals surface area contributed by atoms with Crippen molar-refractivity contribution in [3.8, 4) is 5.88 Å². The number of nitrogens with zero attached hydrogens (tertiary/aromatic N) is 2. The molecule has 0 aromatic carbocycles. The lowest BCUT2D eigenvalue weighted by molar-refractivity contribution is -0.431. The number of pyridine rings is 1. The fraction of sp³-hybridized carbons (Fsp3) is 0.364. The largest absolute Gasteiger partial charge is 0.481 e. The highest BCUT2D eigenvalue weighted by atomic mass is 16.6. The molecule has 0 aliphatic heterocycles. The maximum absolute atomic E-state index is 10.8. The first-order valence-electron chi connectivity index (χ1n) is 4.91. The second kappa shape index (κ2) is 5.25. The van der Waals surface area contributed by atoms with Crippen molar-refractivity contribution in [1.82, 2.24) is 4.98 Å². The van der Waals surface area contributed by atoms with Gasteiger partial charge in [-0.3, -0.25) is 10.1 Å². The van der Waals surface area contributed by atoms with Crippen LogP contribution in [0.5, 0.6) is 5.88 Å². The summed E-state index contributed by atoms with van der Waals surface area (Å²) in [6, 6.07) is 5.14. The predicted octanol–water partition coefficient (Wildman–Crippen LogP) is 2.36. The van der Waals surface area contributed by atoms with Gasteiger partial charge < -0.3 is 4.74 Å². The van der Waals surface area contributed by atoms with Gasteiger partial charge in [-0.25, -0.2) is 4.98 Å². The quantitative estimate of drug-likeness (QED) is 0.579. The highest BCUT2D eigenvalue weighted by molar-refractivity contribution is 5.47. The smallest absolute Gasteiger partial charge is 0.250 e. The fourth-order valence-electron chi connectivity index (χ4n) is 1.21. The lowest BCUT2D eigenvalue weighted by Gasteiger charge is -2.02. The van der Waals surface area contributed by atoms with Gasteiger partial charge in [-0.2, -0.15) is 0 Å². The van der Waals surface area contributed by atoms with Crippen LogP contribution in [0.15, 0.2) is 23.9 Å². The molecular weight excluding hydrogens is 208 g/mol. The Labute approximate surface area is 93.9 Å². The van der Waals surface area contributed by atoms with Crippen LogP contribution in [0.3, 0.4) is 0 Å². The van der Waals surface area contributed by atoms with Crippen molar-refractivity contribution >= 4 is 6.08 Å². The van der Waals surface area contributed by atoms with Crippen LogP contribution in [0.25, 0.3) is 6.08 Å². The van der Waals surface area contributed by atoms with Crippen molar-refractivity contribution in [2.45, 2.75) is 13.8 Å². The molecule has 0 amide bonds. The summed E-state index contributed by atoms with van der Waals surface area (Å²) in [6.45, 7) is 3.55. The number of rotatable bonds is 4. The van der Waals surface area contributed by atoms with E-state index in [9.17, 15) is 10.1 Å². The first-order chi connectivity index (χ1) is 7.54. The van der Waals surface area contributed by atoms with Crippen LogP contribution in [-0.2, 0) is 0 Å². The third-order valence-electron chi connectivity index (χ3n) is 2.05. The van der Waals surface area contributed by atoms with Gasteiger partial charge in [0, 0.05) is 18.1 Å². The summed E-state index contributed by atoms with van der Waals surface area (Å²) < 4.78 is 4.95. The molecule has 5 nitrogen and oxygen atoms in total. The molecule has 0 unspecified atom stereocenters. The monoisotopic (exact) mass is 222 g/mol. The predicted molar refractivity (Wildman–Crippen MR) is 60.6 cm³/mol. The van der Waals surface area contributed by atoms with Crippen molar-refractivity contribution < 1.29 is 9.66 Å². The molecule has 0 aliphatic carbocycles. The van der Waals surface area contributed by atoms with Gasteiger partial charge in [0.2, 0.25) is 5.88 Å². The fourth-order valence-corrected chi connectivity index (χ4v) is 1.21. The SMILES string of the molecule is COc1cccc(/C=C(\C(C)C)[N+](=O)[O-])n1. The zero-order chi connectivity index (χ0) is 12.1. The summed E-state index contributed by atoms with van der Waals surface area (Å²) in [5.41, 5.74) is 0.667. The van der Waals surface area contributed by atoms with Gasteiger partial charge in [0.05, 0.1) is 17.7 Å². The Kier molecular flexibility index (Phi) is 3.99. The molecule has 0 bridgehead atoms. The molecule has 0 N–H and O–H groups in total. The molecule has 86 valence electrons. The molecule has 0 radical (unpaired) electrons. The van der Waals surface area contributed by atoms with Gasteiger partial charge in [0.15, 0.2) is 0 Å². The van der Waals surface area contributed by atoms with Gasteiger partial charge in [-0.05, 0) is 6.07 Å². The average Bonchev–Trinajstić information content (AvgIpc) is 2.25. The highest BCUT2D eigenvalue weighted by Crippen LogP contribution is 2.15. The van der Waals surface area contributed by atoms with Crippen LogP contribution in [0.2, 0.25) is 0 Å². The minimum Gasteiger partial charge on any atom is -0.481 e. The Morgan fingerprint density at radius 1 is 1.56 bits per heavy atom. The van der Waals surface area contributed by atoms with Gasteiger partial charge in [-0.15, -0.1) is 0 Å². The summed E-state index contributed by atoms with van der Waals surface area (Å²) in [5.74, 6) is 0.295. The molecule has 1 heterocycles. The van der Waals surface area contributed by atoms with Gasteiger partial charge in [0.1, 0.15) is 0 Å². The Balaban J connectivity index is 3.07. The van der Waals surface area contributed by atoms with E-state index >= 15 is 0 Å². The second-order valence-corrected chi connectivity index (χ2v) is 3.59. The van der Waals surface area contributed by atoms with E-state index in [1.54, 1.807) is 32.0 Å². The zero-order valence-electron chi connectivity index (χ0n) is 9.51. The van der Waals surface area contributed by atoms with E-state index < -0.39 is 0 Å². The van der Waals surface area contributed by atoms with Crippen LogP contribution in [-0.4, -0.2) is 17.0 Å². The van der Waals surface area contributed by atoms with Crippen molar-refractivity contribution in [1.29, 1.82) is 0 Å². The maximum atomic E-state index is 10.8. The van der Waals surface area contributed by atoms with E-state index in [2.05, 4.69) is 4.98 Å². The summed E-state index contributed by atoms with van der Waals surface area (Å²) in [6.07, 6.45) is 1.47. The number of aromatic nitrogens is 1. The minimum absolute atomic E-state index is 0.140. The highest BCUT2D eigenvalue weighted by Gasteiger charge is 2.15. The zero-order valence-corrected chi connectivity index (χ0v) is 9.51. The second-order valence-electron chi connectivity index (χ2n) is 3.59. The number of ether oxygens (including phenoxy) is 1. The van der Waals surface area contributed by atoms with E-state index in [-0.39, 0.29) is 16.5 Å². The molecule has 0 spiro atoms. The first kappa shape index (κ1) is 12.2. The molecule has 5 heteroatoms. The van der Waals surface area contributed by atoms with Crippen LogP contribution in [0, 0.1) is 16.0 Å². The minimum atomic E-state index is -0.383. The number of allylic oxidation sites excluding steroid dienone is 1. The van der Waals surface area contributed by atoms with E-state index in [1.165, 1.54) is 13.2 Å². The molecule has 1 aromatic rings. The van der Waals surface area contributed by atoms with Gasteiger partial charge in [-0.1, -0.05) is 19.9 Å². The Morgan fingerprint density at radius 3 is 2.75 bits per heavy atom. The number of methoxy groups -OCH3 is 1. The molecule has 0 saturated carbocycles. The molecule has 0 fully saturated rings. The topological polar surface area (TPSA) is 65.3 Å². The molecule has 1 aromatic heterocycles. The number of hydrogen-bond donors (Lipinski definition) is 0. The van der Waals surface area contributed by atoms with Crippen LogP contribution in [0.1, 0.15) is 19.5 Å². The summed E-state index contributed by atoms with van der Waals surface area (Å²) in [5, 5.41) is 10.8. The van der Waals surface area contributed by atoms with E-state index in [0.717, 1.165) is 0 Å². The van der Waals surface area contributed by atoms with Crippen molar-refractivity contribution in [3.63, 3.8) is 0 Å². The Morgan fingerprint density at radius 2 is 2.25 bits per heavy atom. The van der Waals surface area contributed by atoms with Gasteiger partial charge in [0.25, 0.3) is 5.70 Å². The standard InChI is InChI=1S/C11H14N2O3/c1-8(2)10(13(14)15)7-9-5-4-6-11(12-9)16-3/h4-8H,1-3H3/b10-7+. The van der Waals surface area contributed by atoms with E-state index in [0.29, 0.717) is 11.6 Å². The van der Waals surface area contributed by atoms with Gasteiger partial charge >= 0.3 is 0 Å². The number of nitro groups is 1. The molecule has 0 aliphatic rings. The molecule has 0 saturated heterocycles. The maximum Gasteiger partial charge on any atom is 0.250 e. The van der Waals surface area contributed by atoms with Crippen molar-refractivity contribution in [3.05, 3.63) is 39.7 Å². The third-order valence-corrected chi connectivity index (χ3v) is 2.05. The first-order valence-corrected chi connectivity index (χ1v) is 4.91. The normalized spacial score (nSPS) is 11.6. The lowest BCUT2D eigenvalue weighted by Crippen LogP contribution is -2.05. The van der Waals surface area contributed by atoms with Crippen LogP contribution < -0.4 is 4.74 Å². The van der Waals surface area contributed by atoms with Crippen molar-refractivity contribution in [2.75, 3.05) is 7.11 Å². The van der Waals surface area contributed by atoms with E-state index in [1.807, 2.05) is 0 Å². The van der Waals surface area contributed by atoms with E-state index in [4.69, 9.17) is 4.74 Å². The van der Waals surface area contributed by atoms with Crippen LogP contribution in [0.4, 0.5) is 0 Å².